The smallest absolute Gasteiger partial charge is 0.271 e. The number of nitrogens with zero attached hydrogens (tertiary/aromatic N) is 2. The molecule has 2 N–H and O–H groups in total. The van der Waals surface area contributed by atoms with Crippen molar-refractivity contribution in [3.8, 4) is 0 Å². The predicted molar refractivity (Wildman–Crippen MR) is 60.2 cm³/mol. The maximum Gasteiger partial charge on any atom is 0.271 e. The third-order valence-electron chi connectivity index (χ3n) is 2.43. The zero-order valence-electron chi connectivity index (χ0n) is 9.60. The average Bonchev–Trinajstić information content (AvgIpc) is 2.35. The van der Waals surface area contributed by atoms with Crippen LogP contribution in [0.5, 0.6) is 0 Å². The van der Waals surface area contributed by atoms with Gasteiger partial charge in [0, 0.05) is 32.0 Å². The Hall–Kier alpha value is -1.49. The van der Waals surface area contributed by atoms with Crippen molar-refractivity contribution in [2.75, 3.05) is 13.7 Å². The Morgan fingerprint density at radius 3 is 2.81 bits per heavy atom. The summed E-state index contributed by atoms with van der Waals surface area (Å²) < 4.78 is 0. The Kier molecular flexibility index (Phi) is 4.85. The molecule has 0 aliphatic heterocycles. The summed E-state index contributed by atoms with van der Waals surface area (Å²) in [5.74, 6) is -0.105. The third kappa shape index (κ3) is 3.00. The molecule has 1 heterocycles. The van der Waals surface area contributed by atoms with Gasteiger partial charge in [0.05, 0.1) is 5.69 Å². The molecule has 5 nitrogen and oxygen atoms in total. The first kappa shape index (κ1) is 12.6. The fourth-order valence-electron chi connectivity index (χ4n) is 1.54. The Morgan fingerprint density at radius 1 is 1.50 bits per heavy atom. The number of amides is 1. The van der Waals surface area contributed by atoms with Crippen LogP contribution in [-0.2, 0) is 0 Å². The lowest BCUT2D eigenvalue weighted by Crippen LogP contribution is -2.22. The molecule has 0 aliphatic carbocycles. The molecule has 1 aromatic rings. The fourth-order valence-corrected chi connectivity index (χ4v) is 1.54. The van der Waals surface area contributed by atoms with E-state index in [1.807, 2.05) is 6.92 Å². The lowest BCUT2D eigenvalue weighted by Gasteiger charge is -2.12. The van der Waals surface area contributed by atoms with E-state index in [1.165, 1.54) is 6.20 Å². The van der Waals surface area contributed by atoms with Crippen LogP contribution < -0.4 is 5.32 Å². The Balaban J connectivity index is 2.89. The maximum atomic E-state index is 11.5. The zero-order valence-corrected chi connectivity index (χ0v) is 9.60. The average molecular weight is 223 g/mol. The van der Waals surface area contributed by atoms with E-state index < -0.39 is 0 Å². The lowest BCUT2D eigenvalue weighted by molar-refractivity contribution is 0.0956. The van der Waals surface area contributed by atoms with Gasteiger partial charge in [0.1, 0.15) is 5.69 Å². The molecule has 0 radical (unpaired) electrons. The molecule has 0 aliphatic rings. The Labute approximate surface area is 94.9 Å². The van der Waals surface area contributed by atoms with Crippen molar-refractivity contribution in [1.29, 1.82) is 0 Å². The normalized spacial score (nSPS) is 12.2. The van der Waals surface area contributed by atoms with Crippen LogP contribution in [0.1, 0.15) is 41.9 Å². The second-order valence-corrected chi connectivity index (χ2v) is 3.64. The molecule has 1 atom stereocenters. The number of rotatable bonds is 5. The highest BCUT2D eigenvalue weighted by Crippen LogP contribution is 2.20. The Morgan fingerprint density at radius 2 is 2.19 bits per heavy atom. The molecule has 0 saturated carbocycles. The highest BCUT2D eigenvalue weighted by Gasteiger charge is 2.17. The van der Waals surface area contributed by atoms with E-state index in [9.17, 15) is 4.79 Å². The Bertz CT molecular complexity index is 355. The van der Waals surface area contributed by atoms with Crippen LogP contribution in [0.15, 0.2) is 12.4 Å². The molecular formula is C11H17N3O2. The first-order valence-corrected chi connectivity index (χ1v) is 5.34. The van der Waals surface area contributed by atoms with Crippen LogP contribution in [0, 0.1) is 0 Å². The minimum absolute atomic E-state index is 0.119. The number of hydrogen-bond acceptors (Lipinski definition) is 4. The monoisotopic (exact) mass is 223 g/mol. The number of aliphatic hydroxyl groups excluding tert-OH is 1. The van der Waals surface area contributed by atoms with E-state index in [-0.39, 0.29) is 18.4 Å². The van der Waals surface area contributed by atoms with E-state index in [4.69, 9.17) is 5.11 Å². The molecular weight excluding hydrogens is 206 g/mol. The van der Waals surface area contributed by atoms with Crippen molar-refractivity contribution in [3.05, 3.63) is 23.8 Å². The molecule has 1 amide bonds. The van der Waals surface area contributed by atoms with Gasteiger partial charge in [-0.15, -0.1) is 0 Å². The van der Waals surface area contributed by atoms with Gasteiger partial charge in [-0.25, -0.2) is 4.98 Å². The van der Waals surface area contributed by atoms with Gasteiger partial charge in [0.25, 0.3) is 5.91 Å². The molecule has 0 aromatic carbocycles. The summed E-state index contributed by atoms with van der Waals surface area (Å²) in [6.07, 6.45) is 4.58. The quantitative estimate of drug-likeness (QED) is 0.771. The first-order valence-electron chi connectivity index (χ1n) is 5.34. The number of aromatic nitrogens is 2. The predicted octanol–water partition coefficient (Wildman–Crippen LogP) is 0.712. The van der Waals surface area contributed by atoms with Crippen LogP contribution in [0.3, 0.4) is 0 Å². The van der Waals surface area contributed by atoms with Crippen molar-refractivity contribution < 1.29 is 9.90 Å². The van der Waals surface area contributed by atoms with Crippen LogP contribution in [0.25, 0.3) is 0 Å². The molecule has 0 bridgehead atoms. The number of nitrogens with one attached hydrogen (secondary N) is 1. The van der Waals surface area contributed by atoms with Crippen molar-refractivity contribution in [2.24, 2.45) is 0 Å². The van der Waals surface area contributed by atoms with E-state index in [2.05, 4.69) is 15.3 Å². The summed E-state index contributed by atoms with van der Waals surface area (Å²) in [4.78, 5) is 19.8. The number of aliphatic hydroxyl groups is 1. The molecule has 1 unspecified atom stereocenters. The SMILES string of the molecule is CNC(=O)c1nccnc1C(C)CCCO. The van der Waals surface area contributed by atoms with E-state index in [1.54, 1.807) is 13.2 Å². The minimum Gasteiger partial charge on any atom is -0.396 e. The first-order chi connectivity index (χ1) is 7.70. The van der Waals surface area contributed by atoms with Crippen molar-refractivity contribution in [2.45, 2.75) is 25.7 Å². The standard InChI is InChI=1S/C11H17N3O2/c1-8(4-3-7-15)9-10(11(16)12-2)14-6-5-13-9/h5-6,8,15H,3-4,7H2,1-2H3,(H,12,16). The molecule has 0 spiro atoms. The van der Waals surface area contributed by atoms with Crippen LogP contribution in [0.4, 0.5) is 0 Å². The topological polar surface area (TPSA) is 75.1 Å². The van der Waals surface area contributed by atoms with Crippen LogP contribution in [0.2, 0.25) is 0 Å². The molecule has 5 heteroatoms. The molecule has 1 aromatic heterocycles. The van der Waals surface area contributed by atoms with E-state index >= 15 is 0 Å². The minimum atomic E-state index is -0.223. The zero-order chi connectivity index (χ0) is 12.0. The second-order valence-electron chi connectivity index (χ2n) is 3.64. The number of carbonyl (C=O) groups is 1. The summed E-state index contributed by atoms with van der Waals surface area (Å²) in [7, 11) is 1.57. The van der Waals surface area contributed by atoms with Gasteiger partial charge >= 0.3 is 0 Å². The third-order valence-corrected chi connectivity index (χ3v) is 2.43. The molecule has 0 saturated heterocycles. The number of carbonyl (C=O) groups excluding carboxylic acids is 1. The van der Waals surface area contributed by atoms with Gasteiger partial charge in [0.15, 0.2) is 0 Å². The van der Waals surface area contributed by atoms with Crippen LogP contribution in [-0.4, -0.2) is 34.6 Å². The summed E-state index contributed by atoms with van der Waals surface area (Å²) in [6.45, 7) is 2.13. The molecule has 0 fully saturated rings. The van der Waals surface area contributed by atoms with Gasteiger partial charge in [0.2, 0.25) is 0 Å². The van der Waals surface area contributed by atoms with Gasteiger partial charge in [-0.1, -0.05) is 6.92 Å². The summed E-state index contributed by atoms with van der Waals surface area (Å²) >= 11 is 0. The summed E-state index contributed by atoms with van der Waals surface area (Å²) in [5, 5.41) is 11.3. The van der Waals surface area contributed by atoms with Gasteiger partial charge < -0.3 is 10.4 Å². The number of hydrogen-bond donors (Lipinski definition) is 2. The van der Waals surface area contributed by atoms with Crippen LogP contribution >= 0.6 is 0 Å². The fraction of sp³-hybridized carbons (Fsp3) is 0.545. The van der Waals surface area contributed by atoms with Gasteiger partial charge in [-0.3, -0.25) is 9.78 Å². The lowest BCUT2D eigenvalue weighted by atomic mass is 9.99. The molecule has 16 heavy (non-hydrogen) atoms. The van der Waals surface area contributed by atoms with Gasteiger partial charge in [-0.2, -0.15) is 0 Å². The molecule has 1 rings (SSSR count). The van der Waals surface area contributed by atoms with Crippen molar-refractivity contribution >= 4 is 5.91 Å². The largest absolute Gasteiger partial charge is 0.396 e. The molecule has 88 valence electrons. The highest BCUT2D eigenvalue weighted by atomic mass is 16.2. The van der Waals surface area contributed by atoms with Crippen molar-refractivity contribution in [1.82, 2.24) is 15.3 Å². The second kappa shape index (κ2) is 6.17. The highest BCUT2D eigenvalue weighted by molar-refractivity contribution is 5.93. The summed E-state index contributed by atoms with van der Waals surface area (Å²) in [6, 6.07) is 0. The van der Waals surface area contributed by atoms with E-state index in [0.29, 0.717) is 17.8 Å². The van der Waals surface area contributed by atoms with Crippen molar-refractivity contribution in [3.63, 3.8) is 0 Å². The summed E-state index contributed by atoms with van der Waals surface area (Å²) in [5.41, 5.74) is 1.06. The van der Waals surface area contributed by atoms with Gasteiger partial charge in [-0.05, 0) is 12.8 Å². The maximum absolute atomic E-state index is 11.5. The van der Waals surface area contributed by atoms with E-state index in [0.717, 1.165) is 6.42 Å².